The Labute approximate surface area is 75.4 Å². The Kier molecular flexibility index (Phi) is 1.80. The Balaban J connectivity index is 2.33. The van der Waals surface area contributed by atoms with Crippen LogP contribution in [-0.4, -0.2) is 23.7 Å². The molecular formula is C7H11BrO2S. The first-order valence-electron chi connectivity index (χ1n) is 3.97. The number of halogens is 1. The summed E-state index contributed by atoms with van der Waals surface area (Å²) in [6.45, 7) is 0. The van der Waals surface area contributed by atoms with E-state index in [2.05, 4.69) is 15.9 Å². The van der Waals surface area contributed by atoms with Crippen LogP contribution >= 0.6 is 15.9 Å². The van der Waals surface area contributed by atoms with Crippen molar-refractivity contribution in [1.29, 1.82) is 0 Å². The largest absolute Gasteiger partial charge is 0.228 e. The van der Waals surface area contributed by atoms with E-state index in [1.807, 2.05) is 0 Å². The lowest BCUT2D eigenvalue weighted by Crippen LogP contribution is -2.32. The van der Waals surface area contributed by atoms with E-state index in [0.29, 0.717) is 4.83 Å². The van der Waals surface area contributed by atoms with Gasteiger partial charge in [0.2, 0.25) is 0 Å². The second-order valence-corrected chi connectivity index (χ2v) is 7.29. The molecule has 2 bridgehead atoms. The molecule has 0 aromatic rings. The average molecular weight is 239 g/mol. The fourth-order valence-corrected chi connectivity index (χ4v) is 6.02. The molecule has 2 saturated heterocycles. The highest BCUT2D eigenvalue weighted by Crippen LogP contribution is 2.40. The van der Waals surface area contributed by atoms with Crippen LogP contribution in [0.4, 0.5) is 0 Å². The zero-order valence-electron chi connectivity index (χ0n) is 6.16. The Morgan fingerprint density at radius 1 is 1.09 bits per heavy atom. The van der Waals surface area contributed by atoms with Gasteiger partial charge in [0.15, 0.2) is 9.84 Å². The van der Waals surface area contributed by atoms with Gasteiger partial charge in [-0.05, 0) is 25.7 Å². The van der Waals surface area contributed by atoms with E-state index < -0.39 is 9.84 Å². The van der Waals surface area contributed by atoms with Crippen molar-refractivity contribution < 1.29 is 8.42 Å². The van der Waals surface area contributed by atoms with Gasteiger partial charge in [-0.25, -0.2) is 8.42 Å². The van der Waals surface area contributed by atoms with Crippen LogP contribution in [0.15, 0.2) is 0 Å². The Morgan fingerprint density at radius 2 is 1.55 bits per heavy atom. The van der Waals surface area contributed by atoms with Crippen molar-refractivity contribution >= 4 is 25.8 Å². The van der Waals surface area contributed by atoms with E-state index in [4.69, 9.17) is 0 Å². The molecule has 64 valence electrons. The predicted octanol–water partition coefficient (Wildman–Crippen LogP) is 1.49. The smallest absolute Gasteiger partial charge is 0.156 e. The van der Waals surface area contributed by atoms with Crippen molar-refractivity contribution in [3.05, 3.63) is 0 Å². The number of fused-ring (bicyclic) bond motifs is 2. The van der Waals surface area contributed by atoms with E-state index in [-0.39, 0.29) is 10.5 Å². The third-order valence-corrected chi connectivity index (χ3v) is 6.24. The molecule has 2 nitrogen and oxygen atoms in total. The van der Waals surface area contributed by atoms with Crippen LogP contribution < -0.4 is 0 Å². The zero-order valence-corrected chi connectivity index (χ0v) is 8.57. The van der Waals surface area contributed by atoms with Gasteiger partial charge in [0.05, 0.1) is 10.5 Å². The van der Waals surface area contributed by atoms with Gasteiger partial charge in [-0.15, -0.1) is 0 Å². The molecule has 11 heavy (non-hydrogen) atoms. The lowest BCUT2D eigenvalue weighted by Gasteiger charge is -2.23. The minimum Gasteiger partial charge on any atom is -0.228 e. The predicted molar refractivity (Wildman–Crippen MR) is 47.7 cm³/mol. The van der Waals surface area contributed by atoms with Crippen molar-refractivity contribution in [1.82, 2.24) is 0 Å². The topological polar surface area (TPSA) is 34.1 Å². The van der Waals surface area contributed by atoms with Crippen molar-refractivity contribution in [3.63, 3.8) is 0 Å². The quantitative estimate of drug-likeness (QED) is 0.600. The van der Waals surface area contributed by atoms with Gasteiger partial charge in [0.25, 0.3) is 0 Å². The van der Waals surface area contributed by atoms with E-state index in [1.54, 1.807) is 0 Å². The monoisotopic (exact) mass is 238 g/mol. The fourth-order valence-electron chi connectivity index (χ4n) is 2.14. The maximum Gasteiger partial charge on any atom is 0.156 e. The molecule has 0 aliphatic carbocycles. The molecule has 0 spiro atoms. The lowest BCUT2D eigenvalue weighted by molar-refractivity contribution is 0.551. The van der Waals surface area contributed by atoms with Crippen LogP contribution in [0.1, 0.15) is 25.7 Å². The number of hydrogen-bond acceptors (Lipinski definition) is 2. The highest BCUT2D eigenvalue weighted by molar-refractivity contribution is 9.09. The van der Waals surface area contributed by atoms with E-state index in [1.165, 1.54) is 0 Å². The first-order valence-corrected chi connectivity index (χ1v) is 6.50. The Morgan fingerprint density at radius 3 is 2.00 bits per heavy atom. The normalized spacial score (nSPS) is 47.5. The minimum atomic E-state index is -2.69. The average Bonchev–Trinajstić information content (AvgIpc) is 2.19. The van der Waals surface area contributed by atoms with Crippen LogP contribution in [0.3, 0.4) is 0 Å². The van der Waals surface area contributed by atoms with Crippen LogP contribution in [0.2, 0.25) is 0 Å². The third kappa shape index (κ3) is 1.15. The second kappa shape index (κ2) is 2.46. The van der Waals surface area contributed by atoms with Gasteiger partial charge in [0.1, 0.15) is 0 Å². The maximum atomic E-state index is 11.5. The second-order valence-electron chi connectivity index (χ2n) is 3.48. The molecule has 2 atom stereocenters. The summed E-state index contributed by atoms with van der Waals surface area (Å²) in [6, 6.07) is 0. The van der Waals surface area contributed by atoms with Crippen LogP contribution in [0, 0.1) is 0 Å². The van der Waals surface area contributed by atoms with Gasteiger partial charge < -0.3 is 0 Å². The molecule has 2 unspecified atom stereocenters. The summed E-state index contributed by atoms with van der Waals surface area (Å²) in [4.78, 5) is 0.448. The minimum absolute atomic E-state index is 0.0226. The molecule has 0 saturated carbocycles. The third-order valence-electron chi connectivity index (χ3n) is 2.78. The van der Waals surface area contributed by atoms with Gasteiger partial charge in [-0.1, -0.05) is 15.9 Å². The first-order chi connectivity index (χ1) is 5.10. The molecule has 0 aromatic carbocycles. The standard InChI is InChI=1S/C7H11BrO2S/c8-5-3-6-1-2-7(4-5)11(6,9)10/h5-7H,1-4H2. The van der Waals surface area contributed by atoms with Gasteiger partial charge in [-0.2, -0.15) is 0 Å². The molecule has 0 amide bonds. The molecule has 0 aromatic heterocycles. The number of sulfone groups is 1. The first kappa shape index (κ1) is 8.05. The molecular weight excluding hydrogens is 228 g/mol. The molecule has 2 aliphatic rings. The van der Waals surface area contributed by atoms with E-state index in [0.717, 1.165) is 25.7 Å². The van der Waals surface area contributed by atoms with Gasteiger partial charge in [0, 0.05) is 4.83 Å². The van der Waals surface area contributed by atoms with Gasteiger partial charge >= 0.3 is 0 Å². The number of alkyl halides is 1. The molecule has 2 rings (SSSR count). The SMILES string of the molecule is O=S1(=O)C2CCC1CC(Br)C2. The summed E-state index contributed by atoms with van der Waals surface area (Å²) in [5, 5.41) is -0.0451. The van der Waals surface area contributed by atoms with Crippen LogP contribution in [-0.2, 0) is 9.84 Å². The Hall–Kier alpha value is 0.430. The summed E-state index contributed by atoms with van der Waals surface area (Å²) in [6.07, 6.45) is 3.46. The molecule has 2 fully saturated rings. The zero-order chi connectivity index (χ0) is 8.06. The van der Waals surface area contributed by atoms with Crippen LogP contribution in [0.5, 0.6) is 0 Å². The van der Waals surface area contributed by atoms with Crippen molar-refractivity contribution in [2.24, 2.45) is 0 Å². The summed E-state index contributed by atoms with van der Waals surface area (Å²) in [5.41, 5.74) is 0. The molecule has 2 heterocycles. The summed E-state index contributed by atoms with van der Waals surface area (Å²) in [5.74, 6) is 0. The number of rotatable bonds is 0. The summed E-state index contributed by atoms with van der Waals surface area (Å²) < 4.78 is 23.0. The maximum absolute atomic E-state index is 11.5. The van der Waals surface area contributed by atoms with Crippen LogP contribution in [0.25, 0.3) is 0 Å². The number of hydrogen-bond donors (Lipinski definition) is 0. The lowest BCUT2D eigenvalue weighted by atomic mass is 10.2. The highest BCUT2D eigenvalue weighted by Gasteiger charge is 2.45. The van der Waals surface area contributed by atoms with Gasteiger partial charge in [-0.3, -0.25) is 0 Å². The van der Waals surface area contributed by atoms with Crippen molar-refractivity contribution in [2.45, 2.75) is 41.0 Å². The van der Waals surface area contributed by atoms with Crippen molar-refractivity contribution in [3.8, 4) is 0 Å². The molecule has 4 heteroatoms. The summed E-state index contributed by atoms with van der Waals surface area (Å²) >= 11 is 3.50. The van der Waals surface area contributed by atoms with E-state index in [9.17, 15) is 8.42 Å². The molecule has 2 aliphatic heterocycles. The molecule has 0 N–H and O–H groups in total. The highest BCUT2D eigenvalue weighted by atomic mass is 79.9. The fraction of sp³-hybridized carbons (Fsp3) is 1.00. The van der Waals surface area contributed by atoms with E-state index >= 15 is 0 Å². The Bertz CT molecular complexity index is 240. The summed E-state index contributed by atoms with van der Waals surface area (Å²) in [7, 11) is -2.69. The molecule has 0 radical (unpaired) electrons. The van der Waals surface area contributed by atoms with Crippen molar-refractivity contribution in [2.75, 3.05) is 0 Å².